The number of carbonyl (C=O) groups excluding carboxylic acids is 1. The summed E-state index contributed by atoms with van der Waals surface area (Å²) in [5.74, 6) is 0.638. The maximum absolute atomic E-state index is 10.7. The van der Waals surface area contributed by atoms with Gasteiger partial charge in [0.1, 0.15) is 5.75 Å². The monoisotopic (exact) mass is 222 g/mol. The highest BCUT2D eigenvalue weighted by Gasteiger charge is 2.05. The highest BCUT2D eigenvalue weighted by atomic mass is 16.5. The van der Waals surface area contributed by atoms with Crippen molar-refractivity contribution in [3.63, 3.8) is 0 Å². The van der Waals surface area contributed by atoms with Crippen molar-refractivity contribution < 1.29 is 14.3 Å². The summed E-state index contributed by atoms with van der Waals surface area (Å²) in [4.78, 5) is 10.7. The van der Waals surface area contributed by atoms with Crippen LogP contribution in [0.25, 0.3) is 0 Å². The Kier molecular flexibility index (Phi) is 4.83. The lowest BCUT2D eigenvalue weighted by molar-refractivity contribution is -0.145. The fourth-order valence-electron chi connectivity index (χ4n) is 1.50. The van der Waals surface area contributed by atoms with E-state index in [9.17, 15) is 4.79 Å². The first-order valence-corrected chi connectivity index (χ1v) is 5.42. The van der Waals surface area contributed by atoms with Crippen molar-refractivity contribution in [1.82, 2.24) is 0 Å². The van der Waals surface area contributed by atoms with Gasteiger partial charge < -0.3 is 9.47 Å². The van der Waals surface area contributed by atoms with Crippen LogP contribution in [0.3, 0.4) is 0 Å². The van der Waals surface area contributed by atoms with E-state index in [1.165, 1.54) is 12.5 Å². The first kappa shape index (κ1) is 12.6. The summed E-state index contributed by atoms with van der Waals surface area (Å²) in [6.45, 7) is 3.34. The van der Waals surface area contributed by atoms with Gasteiger partial charge in [-0.15, -0.1) is 0 Å². The van der Waals surface area contributed by atoms with Crippen molar-refractivity contribution in [3.05, 3.63) is 29.8 Å². The first-order valence-electron chi connectivity index (χ1n) is 5.42. The van der Waals surface area contributed by atoms with Gasteiger partial charge in [0.05, 0.1) is 13.2 Å². The maximum Gasteiger partial charge on any atom is 0.302 e. The lowest BCUT2D eigenvalue weighted by Gasteiger charge is -2.11. The van der Waals surface area contributed by atoms with Crippen molar-refractivity contribution in [3.8, 4) is 5.75 Å². The van der Waals surface area contributed by atoms with Crippen LogP contribution in [-0.4, -0.2) is 19.2 Å². The molecule has 0 aromatic heterocycles. The zero-order valence-electron chi connectivity index (χ0n) is 10.0. The molecule has 88 valence electrons. The second-order valence-corrected chi connectivity index (χ2v) is 3.81. The Morgan fingerprint density at radius 2 is 1.94 bits per heavy atom. The van der Waals surface area contributed by atoms with E-state index in [1.54, 1.807) is 7.11 Å². The lowest BCUT2D eigenvalue weighted by atomic mass is 10.1. The van der Waals surface area contributed by atoms with Crippen molar-refractivity contribution in [2.24, 2.45) is 0 Å². The number of benzene rings is 1. The van der Waals surface area contributed by atoms with E-state index in [0.717, 1.165) is 18.6 Å². The van der Waals surface area contributed by atoms with Crippen molar-refractivity contribution in [1.29, 1.82) is 0 Å². The van der Waals surface area contributed by atoms with Gasteiger partial charge in [-0.05, 0) is 37.5 Å². The van der Waals surface area contributed by atoms with Crippen LogP contribution in [0.1, 0.15) is 25.8 Å². The topological polar surface area (TPSA) is 35.5 Å². The number of ether oxygens (including phenoxy) is 2. The molecule has 0 bridgehead atoms. The van der Waals surface area contributed by atoms with Gasteiger partial charge in [0.25, 0.3) is 0 Å². The van der Waals surface area contributed by atoms with Gasteiger partial charge in [-0.2, -0.15) is 0 Å². The SMILES string of the molecule is COc1ccc(CCC(C)OC(C)=O)cc1. The second-order valence-electron chi connectivity index (χ2n) is 3.81. The Morgan fingerprint density at radius 3 is 2.44 bits per heavy atom. The van der Waals surface area contributed by atoms with E-state index >= 15 is 0 Å². The Morgan fingerprint density at radius 1 is 1.31 bits per heavy atom. The van der Waals surface area contributed by atoms with Gasteiger partial charge in [0.15, 0.2) is 0 Å². The van der Waals surface area contributed by atoms with Crippen LogP contribution in [0.5, 0.6) is 5.75 Å². The van der Waals surface area contributed by atoms with Crippen molar-refractivity contribution in [2.75, 3.05) is 7.11 Å². The van der Waals surface area contributed by atoms with Gasteiger partial charge in [-0.1, -0.05) is 12.1 Å². The van der Waals surface area contributed by atoms with Crippen LogP contribution < -0.4 is 4.74 Å². The standard InChI is InChI=1S/C13H18O3/c1-10(16-11(2)14)4-5-12-6-8-13(15-3)9-7-12/h6-10H,4-5H2,1-3H3. The summed E-state index contributed by atoms with van der Waals surface area (Å²) in [7, 11) is 1.65. The summed E-state index contributed by atoms with van der Waals surface area (Å²) in [5, 5.41) is 0. The number of methoxy groups -OCH3 is 1. The quantitative estimate of drug-likeness (QED) is 0.718. The van der Waals surface area contributed by atoms with Crippen LogP contribution in [0.2, 0.25) is 0 Å². The minimum Gasteiger partial charge on any atom is -0.497 e. The molecule has 0 spiro atoms. The molecule has 0 fully saturated rings. The minimum atomic E-state index is -0.220. The van der Waals surface area contributed by atoms with Crippen LogP contribution in [0, 0.1) is 0 Å². The third-order valence-corrected chi connectivity index (χ3v) is 2.37. The molecule has 0 saturated heterocycles. The third kappa shape index (κ3) is 4.34. The number of rotatable bonds is 5. The molecule has 0 radical (unpaired) electrons. The van der Waals surface area contributed by atoms with E-state index < -0.39 is 0 Å². The molecule has 1 atom stereocenters. The Labute approximate surface area is 96.4 Å². The minimum absolute atomic E-state index is 0.0281. The van der Waals surface area contributed by atoms with E-state index in [2.05, 4.69) is 0 Å². The van der Waals surface area contributed by atoms with E-state index in [1.807, 2.05) is 31.2 Å². The molecule has 0 N–H and O–H groups in total. The molecular weight excluding hydrogens is 204 g/mol. The predicted octanol–water partition coefficient (Wildman–Crippen LogP) is 2.58. The molecule has 0 heterocycles. The number of hydrogen-bond donors (Lipinski definition) is 0. The van der Waals surface area contributed by atoms with Gasteiger partial charge in [-0.3, -0.25) is 4.79 Å². The van der Waals surface area contributed by atoms with E-state index in [0.29, 0.717) is 0 Å². The van der Waals surface area contributed by atoms with E-state index in [-0.39, 0.29) is 12.1 Å². The third-order valence-electron chi connectivity index (χ3n) is 2.37. The molecular formula is C13H18O3. The molecule has 0 aliphatic carbocycles. The number of esters is 1. The summed E-state index contributed by atoms with van der Waals surface area (Å²) in [6.07, 6.45) is 1.71. The highest BCUT2D eigenvalue weighted by molar-refractivity contribution is 5.66. The Bertz CT molecular complexity index is 330. The molecule has 1 aromatic rings. The van der Waals surface area contributed by atoms with Gasteiger partial charge in [0, 0.05) is 6.92 Å². The molecule has 0 aliphatic heterocycles. The first-order chi connectivity index (χ1) is 7.61. The molecule has 1 unspecified atom stereocenters. The summed E-state index contributed by atoms with van der Waals surface area (Å²) < 4.78 is 10.1. The van der Waals surface area contributed by atoms with Crippen molar-refractivity contribution in [2.45, 2.75) is 32.8 Å². The second kappa shape index (κ2) is 6.16. The molecule has 0 aliphatic rings. The van der Waals surface area contributed by atoms with Gasteiger partial charge in [-0.25, -0.2) is 0 Å². The highest BCUT2D eigenvalue weighted by Crippen LogP contribution is 2.13. The lowest BCUT2D eigenvalue weighted by Crippen LogP contribution is -2.12. The molecule has 3 nitrogen and oxygen atoms in total. The van der Waals surface area contributed by atoms with Crippen LogP contribution >= 0.6 is 0 Å². The number of aryl methyl sites for hydroxylation is 1. The zero-order chi connectivity index (χ0) is 12.0. The van der Waals surface area contributed by atoms with Crippen LogP contribution in [0.15, 0.2) is 24.3 Å². The molecule has 16 heavy (non-hydrogen) atoms. The average Bonchev–Trinajstić information content (AvgIpc) is 2.26. The maximum atomic E-state index is 10.7. The fraction of sp³-hybridized carbons (Fsp3) is 0.462. The van der Waals surface area contributed by atoms with E-state index in [4.69, 9.17) is 9.47 Å². The van der Waals surface area contributed by atoms with Gasteiger partial charge in [0.2, 0.25) is 0 Å². The summed E-state index contributed by atoms with van der Waals surface area (Å²) >= 11 is 0. The Balaban J connectivity index is 2.39. The largest absolute Gasteiger partial charge is 0.497 e. The fourth-order valence-corrected chi connectivity index (χ4v) is 1.50. The van der Waals surface area contributed by atoms with Gasteiger partial charge >= 0.3 is 5.97 Å². The number of carbonyl (C=O) groups is 1. The smallest absolute Gasteiger partial charge is 0.302 e. The molecule has 1 rings (SSSR count). The van der Waals surface area contributed by atoms with Crippen LogP contribution in [0.4, 0.5) is 0 Å². The Hall–Kier alpha value is -1.51. The summed E-state index contributed by atoms with van der Waals surface area (Å²) in [5.41, 5.74) is 1.22. The average molecular weight is 222 g/mol. The molecule has 1 aromatic carbocycles. The molecule has 3 heteroatoms. The zero-order valence-corrected chi connectivity index (χ0v) is 10.0. The summed E-state index contributed by atoms with van der Waals surface area (Å²) in [6, 6.07) is 7.93. The predicted molar refractivity (Wildman–Crippen MR) is 62.5 cm³/mol. The number of hydrogen-bond acceptors (Lipinski definition) is 3. The normalized spacial score (nSPS) is 11.9. The van der Waals surface area contributed by atoms with Crippen molar-refractivity contribution >= 4 is 5.97 Å². The van der Waals surface area contributed by atoms with Crippen LogP contribution in [-0.2, 0) is 16.0 Å². The molecule has 0 saturated carbocycles. The molecule has 0 amide bonds.